The van der Waals surface area contributed by atoms with Crippen LogP contribution in [-0.4, -0.2) is 55.6 Å². The lowest BCUT2D eigenvalue weighted by atomic mass is 9.55. The lowest BCUT2D eigenvalue weighted by Gasteiger charge is -2.51. The fourth-order valence-corrected chi connectivity index (χ4v) is 7.45. The van der Waals surface area contributed by atoms with Crippen molar-refractivity contribution < 1.29 is 44.3 Å². The van der Waals surface area contributed by atoms with Crippen LogP contribution in [0.4, 0.5) is 0 Å². The van der Waals surface area contributed by atoms with Crippen molar-refractivity contribution in [1.82, 2.24) is 0 Å². The minimum Gasteiger partial charge on any atom is -0.508 e. The van der Waals surface area contributed by atoms with Gasteiger partial charge >= 0.3 is 5.97 Å². The minimum atomic E-state index is -2.88. The molecule has 1 aromatic carbocycles. The number of ketones is 2. The number of esters is 1. The molecule has 238 valence electrons. The van der Waals surface area contributed by atoms with E-state index in [9.17, 15) is 39.6 Å². The molecule has 44 heavy (non-hydrogen) atoms. The summed E-state index contributed by atoms with van der Waals surface area (Å²) in [4.78, 5) is 52.5. The smallest absolute Gasteiger partial charge is 0.306 e. The molecule has 4 rings (SSSR count). The number of aliphatic hydroxyl groups is 3. The zero-order chi connectivity index (χ0) is 32.7. The third kappa shape index (κ3) is 5.67. The number of carbonyl (C=O) groups is 4. The van der Waals surface area contributed by atoms with Crippen molar-refractivity contribution in [3.63, 3.8) is 0 Å². The number of phenolic OH excluding ortho intramolecular Hbond substituents is 1. The molecule has 2 unspecified atom stereocenters. The Morgan fingerprint density at radius 3 is 2.45 bits per heavy atom. The Labute approximate surface area is 257 Å². The first-order chi connectivity index (χ1) is 20.6. The standard InChI is InChI=1S/C34H43NO9/c1-6-17(4)14-19(13-16(2)3)9-7-12-24(38)44-30-21-15-23(37)27(33(35)42)31(40)34(21,43)32(41)28-25(30)18(5)20-10-8-11-22(36)26(20)29(28)39/h6,8,10-11,16-19,21,25,30,36,39-40,43H,1,7,9,12-15H2,2-5H3,(H2,35,42)/t17?,18-,19?,21+,25+,30+,34+/m0/s1. The number of hydrogen-bond acceptors (Lipinski definition) is 9. The molecule has 3 aliphatic carbocycles. The topological polar surface area (TPSA) is 184 Å². The lowest BCUT2D eigenvalue weighted by molar-refractivity contribution is -0.178. The summed E-state index contributed by atoms with van der Waals surface area (Å²) >= 11 is 0. The highest BCUT2D eigenvalue weighted by atomic mass is 16.5. The van der Waals surface area contributed by atoms with Crippen LogP contribution in [0.15, 0.2) is 47.8 Å². The molecule has 10 nitrogen and oxygen atoms in total. The van der Waals surface area contributed by atoms with Crippen LogP contribution in [0.5, 0.6) is 5.75 Å². The van der Waals surface area contributed by atoms with Gasteiger partial charge in [-0.2, -0.15) is 0 Å². The summed E-state index contributed by atoms with van der Waals surface area (Å²) in [5, 5.41) is 44.8. The van der Waals surface area contributed by atoms with Gasteiger partial charge in [0.1, 0.15) is 28.9 Å². The Balaban J connectivity index is 1.72. The van der Waals surface area contributed by atoms with Gasteiger partial charge < -0.3 is 30.9 Å². The summed E-state index contributed by atoms with van der Waals surface area (Å²) < 4.78 is 5.99. The number of aliphatic hydroxyl groups excluding tert-OH is 2. The van der Waals surface area contributed by atoms with Crippen LogP contribution in [0.1, 0.15) is 83.3 Å². The SMILES string of the molecule is C=CC(C)CC(CCCC(=O)O[C@H]1[C@H]2C(=C(O)c3c(O)cccc3[C@@H]2C)C(=O)[C@]2(O)C(O)=C(C(N)=O)C(=O)C[C@H]12)CC(C)C. The number of amides is 1. The molecule has 1 amide bonds. The fourth-order valence-electron chi connectivity index (χ4n) is 7.45. The van der Waals surface area contributed by atoms with Crippen LogP contribution in [0.2, 0.25) is 0 Å². The zero-order valence-electron chi connectivity index (χ0n) is 25.7. The van der Waals surface area contributed by atoms with Gasteiger partial charge in [-0.25, -0.2) is 0 Å². The first-order valence-electron chi connectivity index (χ1n) is 15.3. The van der Waals surface area contributed by atoms with Gasteiger partial charge in [-0.3, -0.25) is 19.2 Å². The highest BCUT2D eigenvalue weighted by Crippen LogP contribution is 2.56. The number of primary amides is 1. The van der Waals surface area contributed by atoms with Crippen molar-refractivity contribution in [2.24, 2.45) is 35.3 Å². The Kier molecular flexibility index (Phi) is 9.44. The number of benzene rings is 1. The van der Waals surface area contributed by atoms with E-state index in [1.165, 1.54) is 6.07 Å². The number of Topliss-reactive ketones (excluding diaryl/α,β-unsaturated/α-hetero) is 2. The summed E-state index contributed by atoms with van der Waals surface area (Å²) in [5.74, 6) is -8.14. The predicted molar refractivity (Wildman–Crippen MR) is 162 cm³/mol. The van der Waals surface area contributed by atoms with E-state index in [1.807, 2.05) is 6.08 Å². The molecule has 3 aliphatic rings. The number of carbonyl (C=O) groups excluding carboxylic acids is 4. The minimum absolute atomic E-state index is 0.0258. The molecule has 0 heterocycles. The number of aromatic hydroxyl groups is 1. The van der Waals surface area contributed by atoms with Crippen LogP contribution in [0, 0.1) is 29.6 Å². The molecule has 0 aromatic heterocycles. The first kappa shape index (κ1) is 33.0. The van der Waals surface area contributed by atoms with Crippen LogP contribution in [0.25, 0.3) is 5.76 Å². The van der Waals surface area contributed by atoms with Gasteiger partial charge in [-0.15, -0.1) is 6.58 Å². The van der Waals surface area contributed by atoms with Crippen molar-refractivity contribution in [1.29, 1.82) is 0 Å². The average molecular weight is 610 g/mol. The molecule has 1 aromatic rings. The number of phenols is 1. The summed E-state index contributed by atoms with van der Waals surface area (Å²) in [6.45, 7) is 12.0. The van der Waals surface area contributed by atoms with E-state index in [1.54, 1.807) is 19.1 Å². The van der Waals surface area contributed by atoms with Crippen molar-refractivity contribution in [2.45, 2.75) is 83.8 Å². The van der Waals surface area contributed by atoms with Gasteiger partial charge in [-0.1, -0.05) is 45.9 Å². The van der Waals surface area contributed by atoms with E-state index in [4.69, 9.17) is 10.5 Å². The van der Waals surface area contributed by atoms with Crippen LogP contribution in [0.3, 0.4) is 0 Å². The molecular formula is C34H43NO9. The molecule has 0 saturated heterocycles. The van der Waals surface area contributed by atoms with Crippen LogP contribution in [-0.2, 0) is 23.9 Å². The molecular weight excluding hydrogens is 566 g/mol. The van der Waals surface area contributed by atoms with E-state index in [0.717, 1.165) is 19.3 Å². The predicted octanol–water partition coefficient (Wildman–Crippen LogP) is 4.55. The van der Waals surface area contributed by atoms with E-state index >= 15 is 0 Å². The summed E-state index contributed by atoms with van der Waals surface area (Å²) in [5.41, 5.74) is 1.59. The quantitative estimate of drug-likeness (QED) is 0.136. The lowest BCUT2D eigenvalue weighted by Crippen LogP contribution is -2.64. The molecule has 0 bridgehead atoms. The van der Waals surface area contributed by atoms with Gasteiger partial charge in [-0.05, 0) is 61.0 Å². The number of ether oxygens (including phenoxy) is 1. The Hall–Kier alpha value is -3.92. The monoisotopic (exact) mass is 609 g/mol. The van der Waals surface area contributed by atoms with E-state index in [2.05, 4.69) is 27.4 Å². The van der Waals surface area contributed by atoms with E-state index in [0.29, 0.717) is 29.7 Å². The van der Waals surface area contributed by atoms with Crippen LogP contribution >= 0.6 is 0 Å². The maximum absolute atomic E-state index is 14.0. The van der Waals surface area contributed by atoms with Crippen molar-refractivity contribution in [3.05, 3.63) is 58.9 Å². The Morgan fingerprint density at radius 2 is 1.84 bits per heavy atom. The molecule has 1 fully saturated rings. The fraction of sp³-hybridized carbons (Fsp3) is 0.529. The third-order valence-corrected chi connectivity index (χ3v) is 9.51. The molecule has 0 aliphatic heterocycles. The largest absolute Gasteiger partial charge is 0.508 e. The zero-order valence-corrected chi connectivity index (χ0v) is 25.7. The maximum atomic E-state index is 14.0. The van der Waals surface area contributed by atoms with Crippen LogP contribution < -0.4 is 5.73 Å². The van der Waals surface area contributed by atoms with E-state index in [-0.39, 0.29) is 23.3 Å². The third-order valence-electron chi connectivity index (χ3n) is 9.51. The van der Waals surface area contributed by atoms with Crippen molar-refractivity contribution >= 4 is 29.2 Å². The Morgan fingerprint density at radius 1 is 1.16 bits per heavy atom. The molecule has 7 atom stereocenters. The second-order valence-corrected chi connectivity index (χ2v) is 13.0. The highest BCUT2D eigenvalue weighted by Gasteiger charge is 2.66. The summed E-state index contributed by atoms with van der Waals surface area (Å²) in [7, 11) is 0. The second-order valence-electron chi connectivity index (χ2n) is 13.0. The highest BCUT2D eigenvalue weighted by molar-refractivity contribution is 6.23. The second kappa shape index (κ2) is 12.6. The number of allylic oxidation sites excluding steroid dienone is 1. The molecule has 6 N–H and O–H groups in total. The maximum Gasteiger partial charge on any atom is 0.306 e. The number of rotatable bonds is 11. The van der Waals surface area contributed by atoms with Gasteiger partial charge in [0.25, 0.3) is 5.91 Å². The van der Waals surface area contributed by atoms with Gasteiger partial charge in [0, 0.05) is 30.3 Å². The molecule has 10 heteroatoms. The molecule has 1 saturated carbocycles. The first-order valence-corrected chi connectivity index (χ1v) is 15.3. The number of hydrogen-bond donors (Lipinski definition) is 5. The number of fused-ring (bicyclic) bond motifs is 3. The number of nitrogens with two attached hydrogens (primary N) is 1. The normalized spacial score (nSPS) is 27.8. The van der Waals surface area contributed by atoms with Gasteiger partial charge in [0.15, 0.2) is 11.4 Å². The van der Waals surface area contributed by atoms with Gasteiger partial charge in [0.2, 0.25) is 5.78 Å². The van der Waals surface area contributed by atoms with Crippen molar-refractivity contribution in [3.8, 4) is 5.75 Å². The van der Waals surface area contributed by atoms with E-state index < -0.39 is 76.4 Å². The summed E-state index contributed by atoms with van der Waals surface area (Å²) in [6, 6.07) is 4.56. The van der Waals surface area contributed by atoms with Gasteiger partial charge in [0.05, 0.1) is 5.56 Å². The molecule has 0 radical (unpaired) electrons. The Bertz CT molecular complexity index is 1440. The van der Waals surface area contributed by atoms with Crippen molar-refractivity contribution in [2.75, 3.05) is 0 Å². The molecule has 0 spiro atoms. The average Bonchev–Trinajstić information content (AvgIpc) is 2.94. The summed E-state index contributed by atoms with van der Waals surface area (Å²) in [6.07, 6.45) is 3.19.